The van der Waals surface area contributed by atoms with E-state index in [0.29, 0.717) is 0 Å². The second-order valence-corrected chi connectivity index (χ2v) is 8.29. The molecule has 0 fully saturated rings. The summed E-state index contributed by atoms with van der Waals surface area (Å²) in [7, 11) is 0. The molecule has 0 aromatic heterocycles. The Morgan fingerprint density at radius 1 is 0.423 bits per heavy atom. The van der Waals surface area contributed by atoms with Crippen LogP contribution in [0.25, 0.3) is 0 Å². The fourth-order valence-electron chi connectivity index (χ4n) is 3.85. The third-order valence-electron chi connectivity index (χ3n) is 5.55. The average molecular weight is 369 g/mol. The maximum absolute atomic E-state index is 5.64. The first-order valence-corrected chi connectivity index (χ1v) is 12.3. The lowest BCUT2D eigenvalue weighted by molar-refractivity contribution is 0.265. The van der Waals surface area contributed by atoms with Crippen molar-refractivity contribution in [2.24, 2.45) is 5.73 Å². The van der Waals surface area contributed by atoms with E-state index in [1.54, 1.807) is 0 Å². The monoisotopic (exact) mass is 368 g/mol. The Kier molecular flexibility index (Phi) is 22.9. The number of hydrogen-bond acceptors (Lipinski definition) is 2. The van der Waals surface area contributed by atoms with Gasteiger partial charge in [-0.3, -0.25) is 0 Å². The van der Waals surface area contributed by atoms with Crippen LogP contribution in [0.2, 0.25) is 0 Å². The fourth-order valence-corrected chi connectivity index (χ4v) is 3.85. The molecule has 0 saturated carbocycles. The van der Waals surface area contributed by atoms with Crippen LogP contribution in [0.15, 0.2) is 0 Å². The summed E-state index contributed by atoms with van der Waals surface area (Å²) >= 11 is 0. The maximum Gasteiger partial charge on any atom is -0.000672 e. The summed E-state index contributed by atoms with van der Waals surface area (Å²) in [5.41, 5.74) is 5.64. The van der Waals surface area contributed by atoms with E-state index in [2.05, 4.69) is 18.7 Å². The van der Waals surface area contributed by atoms with Crippen molar-refractivity contribution < 1.29 is 0 Å². The SMILES string of the molecule is CCCCCCCCCCCCCCCCCCN(CCC)CCCN. The van der Waals surface area contributed by atoms with Gasteiger partial charge >= 0.3 is 0 Å². The third-order valence-corrected chi connectivity index (χ3v) is 5.55. The Balaban J connectivity index is 3.18. The van der Waals surface area contributed by atoms with Gasteiger partial charge in [0, 0.05) is 0 Å². The summed E-state index contributed by atoms with van der Waals surface area (Å²) in [6.07, 6.45) is 25.6. The third kappa shape index (κ3) is 20.2. The van der Waals surface area contributed by atoms with Gasteiger partial charge in [0.05, 0.1) is 0 Å². The summed E-state index contributed by atoms with van der Waals surface area (Å²) in [6, 6.07) is 0. The zero-order chi connectivity index (χ0) is 19.1. The Bertz CT molecular complexity index is 242. The van der Waals surface area contributed by atoms with Gasteiger partial charge in [-0.1, -0.05) is 110 Å². The molecule has 26 heavy (non-hydrogen) atoms. The molecular weight excluding hydrogens is 316 g/mol. The van der Waals surface area contributed by atoms with Gasteiger partial charge in [-0.25, -0.2) is 0 Å². The van der Waals surface area contributed by atoms with E-state index in [4.69, 9.17) is 5.73 Å². The molecule has 0 aliphatic rings. The first-order valence-electron chi connectivity index (χ1n) is 12.3. The van der Waals surface area contributed by atoms with Gasteiger partial charge in [0.25, 0.3) is 0 Å². The van der Waals surface area contributed by atoms with E-state index < -0.39 is 0 Å². The zero-order valence-corrected chi connectivity index (χ0v) is 18.6. The Labute approximate surface area is 166 Å². The van der Waals surface area contributed by atoms with Gasteiger partial charge in [-0.15, -0.1) is 0 Å². The van der Waals surface area contributed by atoms with Crippen LogP contribution in [0.4, 0.5) is 0 Å². The summed E-state index contributed by atoms with van der Waals surface area (Å²) in [5, 5.41) is 0. The standard InChI is InChI=1S/C24H52N2/c1-3-5-6-7-8-9-10-11-12-13-14-15-16-17-18-19-23-26(22-4-2)24-20-21-25/h3-25H2,1-2H3. The van der Waals surface area contributed by atoms with Crippen LogP contribution < -0.4 is 5.73 Å². The second kappa shape index (κ2) is 23.0. The van der Waals surface area contributed by atoms with Gasteiger partial charge < -0.3 is 10.6 Å². The van der Waals surface area contributed by atoms with Gasteiger partial charge in [-0.2, -0.15) is 0 Å². The molecule has 2 nitrogen and oxygen atoms in total. The van der Waals surface area contributed by atoms with Gasteiger partial charge in [0.15, 0.2) is 0 Å². The van der Waals surface area contributed by atoms with E-state index in [-0.39, 0.29) is 0 Å². The highest BCUT2D eigenvalue weighted by Crippen LogP contribution is 2.13. The first kappa shape index (κ1) is 25.9. The molecule has 0 atom stereocenters. The molecule has 0 aliphatic carbocycles. The van der Waals surface area contributed by atoms with Gasteiger partial charge in [0.1, 0.15) is 0 Å². The van der Waals surface area contributed by atoms with Gasteiger partial charge in [0.2, 0.25) is 0 Å². The molecule has 0 amide bonds. The molecule has 0 aromatic rings. The lowest BCUT2D eigenvalue weighted by Gasteiger charge is -2.21. The molecule has 158 valence electrons. The van der Waals surface area contributed by atoms with Crippen molar-refractivity contribution in [3.05, 3.63) is 0 Å². The zero-order valence-electron chi connectivity index (χ0n) is 18.6. The molecule has 0 radical (unpaired) electrons. The lowest BCUT2D eigenvalue weighted by atomic mass is 10.0. The highest BCUT2D eigenvalue weighted by Gasteiger charge is 2.02. The summed E-state index contributed by atoms with van der Waals surface area (Å²) in [4.78, 5) is 2.61. The van der Waals surface area contributed by atoms with E-state index in [0.717, 1.165) is 13.0 Å². The van der Waals surface area contributed by atoms with E-state index in [1.165, 1.54) is 129 Å². The number of nitrogens with zero attached hydrogens (tertiary/aromatic N) is 1. The molecule has 2 heteroatoms. The number of rotatable bonds is 22. The van der Waals surface area contributed by atoms with Crippen LogP contribution in [-0.4, -0.2) is 31.1 Å². The van der Waals surface area contributed by atoms with Crippen LogP contribution in [-0.2, 0) is 0 Å². The van der Waals surface area contributed by atoms with Crippen molar-refractivity contribution in [1.82, 2.24) is 4.90 Å². The van der Waals surface area contributed by atoms with Crippen LogP contribution in [0.5, 0.6) is 0 Å². The molecule has 0 aliphatic heterocycles. The van der Waals surface area contributed by atoms with Crippen molar-refractivity contribution >= 4 is 0 Å². The largest absolute Gasteiger partial charge is 0.330 e. The number of nitrogens with two attached hydrogens (primary N) is 1. The summed E-state index contributed by atoms with van der Waals surface area (Å²) in [5.74, 6) is 0. The average Bonchev–Trinajstić information content (AvgIpc) is 2.65. The van der Waals surface area contributed by atoms with Crippen molar-refractivity contribution in [2.75, 3.05) is 26.2 Å². The topological polar surface area (TPSA) is 29.3 Å². The van der Waals surface area contributed by atoms with E-state index >= 15 is 0 Å². The molecular formula is C24H52N2. The minimum absolute atomic E-state index is 0.833. The lowest BCUT2D eigenvalue weighted by Crippen LogP contribution is -2.28. The molecule has 0 saturated heterocycles. The Morgan fingerprint density at radius 2 is 0.808 bits per heavy atom. The number of hydrogen-bond donors (Lipinski definition) is 1. The van der Waals surface area contributed by atoms with Crippen molar-refractivity contribution in [3.8, 4) is 0 Å². The molecule has 0 aromatic carbocycles. The van der Waals surface area contributed by atoms with E-state index in [1.807, 2.05) is 0 Å². The fraction of sp³-hybridized carbons (Fsp3) is 1.00. The maximum atomic E-state index is 5.64. The smallest absolute Gasteiger partial charge is 0.000672 e. The van der Waals surface area contributed by atoms with Crippen LogP contribution in [0.3, 0.4) is 0 Å². The molecule has 0 heterocycles. The predicted molar refractivity (Wildman–Crippen MR) is 120 cm³/mol. The van der Waals surface area contributed by atoms with Crippen molar-refractivity contribution in [2.45, 2.75) is 129 Å². The molecule has 0 spiro atoms. The van der Waals surface area contributed by atoms with Crippen LogP contribution in [0.1, 0.15) is 129 Å². The Morgan fingerprint density at radius 3 is 1.19 bits per heavy atom. The highest BCUT2D eigenvalue weighted by molar-refractivity contribution is 4.58. The molecule has 0 bridgehead atoms. The Hall–Kier alpha value is -0.0800. The van der Waals surface area contributed by atoms with Crippen molar-refractivity contribution in [1.29, 1.82) is 0 Å². The highest BCUT2D eigenvalue weighted by atomic mass is 15.1. The normalized spacial score (nSPS) is 11.5. The van der Waals surface area contributed by atoms with Crippen molar-refractivity contribution in [3.63, 3.8) is 0 Å². The minimum Gasteiger partial charge on any atom is -0.330 e. The molecule has 0 rings (SSSR count). The first-order chi connectivity index (χ1) is 12.8. The number of unbranched alkanes of at least 4 members (excludes halogenated alkanes) is 15. The quantitative estimate of drug-likeness (QED) is 0.203. The van der Waals surface area contributed by atoms with Crippen LogP contribution in [0, 0.1) is 0 Å². The van der Waals surface area contributed by atoms with Gasteiger partial charge in [-0.05, 0) is 45.4 Å². The van der Waals surface area contributed by atoms with Crippen LogP contribution >= 0.6 is 0 Å². The minimum atomic E-state index is 0.833. The predicted octanol–water partition coefficient (Wildman–Crippen LogP) is 7.31. The second-order valence-electron chi connectivity index (χ2n) is 8.29. The molecule has 0 unspecified atom stereocenters. The summed E-state index contributed by atoms with van der Waals surface area (Å²) in [6.45, 7) is 9.14. The summed E-state index contributed by atoms with van der Waals surface area (Å²) < 4.78 is 0. The van der Waals surface area contributed by atoms with E-state index in [9.17, 15) is 0 Å². The molecule has 2 N–H and O–H groups in total.